The first-order chi connectivity index (χ1) is 7.92. The Morgan fingerprint density at radius 2 is 2.06 bits per heavy atom. The monoisotopic (exact) mass is 223 g/mol. The second-order valence-corrected chi connectivity index (χ2v) is 3.40. The number of morpholine rings is 1. The molecule has 0 radical (unpaired) electrons. The van der Waals surface area contributed by atoms with Gasteiger partial charge in [0.2, 0.25) is 0 Å². The van der Waals surface area contributed by atoms with Gasteiger partial charge in [-0.3, -0.25) is 9.69 Å². The van der Waals surface area contributed by atoms with Crippen molar-refractivity contribution in [2.75, 3.05) is 26.3 Å². The maximum atomic E-state index is 10.5. The summed E-state index contributed by atoms with van der Waals surface area (Å²) in [7, 11) is 0. The van der Waals surface area contributed by atoms with E-state index in [9.17, 15) is 4.79 Å². The zero-order valence-electron chi connectivity index (χ0n) is 8.78. The highest BCUT2D eigenvalue weighted by Gasteiger charge is 2.24. The molecule has 0 amide bonds. The van der Waals surface area contributed by atoms with Gasteiger partial charge in [-0.25, -0.2) is 9.97 Å². The lowest BCUT2D eigenvalue weighted by Crippen LogP contribution is -2.40. The third kappa shape index (κ3) is 2.53. The molecule has 86 valence electrons. The second-order valence-electron chi connectivity index (χ2n) is 3.40. The molecule has 16 heavy (non-hydrogen) atoms. The van der Waals surface area contributed by atoms with Gasteiger partial charge in [-0.15, -0.1) is 0 Å². The summed E-state index contributed by atoms with van der Waals surface area (Å²) in [5.74, 6) is 0. The maximum absolute atomic E-state index is 10.5. The smallest absolute Gasteiger partial charge is 0.294 e. The predicted molar refractivity (Wildman–Crippen MR) is 54.3 cm³/mol. The molecule has 1 atom stereocenters. The van der Waals surface area contributed by atoms with Gasteiger partial charge in [-0.2, -0.15) is 0 Å². The zero-order valence-corrected chi connectivity index (χ0v) is 8.78. The largest absolute Gasteiger partial charge is 0.444 e. The highest BCUT2D eigenvalue weighted by molar-refractivity contribution is 5.38. The Hall–Kier alpha value is -1.53. The van der Waals surface area contributed by atoms with Gasteiger partial charge in [0.25, 0.3) is 6.47 Å². The van der Waals surface area contributed by atoms with Crippen LogP contribution in [0.1, 0.15) is 11.8 Å². The van der Waals surface area contributed by atoms with E-state index < -0.39 is 6.23 Å². The van der Waals surface area contributed by atoms with Crippen LogP contribution in [0.2, 0.25) is 0 Å². The molecule has 0 spiro atoms. The molecular weight excluding hydrogens is 210 g/mol. The molecule has 1 saturated heterocycles. The average molecular weight is 223 g/mol. The van der Waals surface area contributed by atoms with E-state index in [0.29, 0.717) is 19.7 Å². The Balaban J connectivity index is 2.12. The summed E-state index contributed by atoms with van der Waals surface area (Å²) >= 11 is 0. The highest BCUT2D eigenvalue weighted by atomic mass is 16.5. The molecule has 0 bridgehead atoms. The van der Waals surface area contributed by atoms with Crippen LogP contribution in [0.4, 0.5) is 0 Å². The van der Waals surface area contributed by atoms with Crippen molar-refractivity contribution in [3.63, 3.8) is 0 Å². The minimum absolute atomic E-state index is 0.414. The molecule has 1 aliphatic rings. The summed E-state index contributed by atoms with van der Waals surface area (Å²) in [5, 5.41) is 0. The van der Waals surface area contributed by atoms with Crippen LogP contribution in [0.25, 0.3) is 0 Å². The van der Waals surface area contributed by atoms with Gasteiger partial charge in [-0.1, -0.05) is 0 Å². The summed E-state index contributed by atoms with van der Waals surface area (Å²) < 4.78 is 10.3. The van der Waals surface area contributed by atoms with Crippen LogP contribution >= 0.6 is 0 Å². The number of aromatic nitrogens is 2. The molecule has 1 aliphatic heterocycles. The van der Waals surface area contributed by atoms with E-state index in [1.807, 2.05) is 4.90 Å². The van der Waals surface area contributed by atoms with Crippen molar-refractivity contribution < 1.29 is 14.3 Å². The molecule has 1 aromatic rings. The third-order valence-electron chi connectivity index (χ3n) is 2.43. The van der Waals surface area contributed by atoms with E-state index in [1.54, 1.807) is 12.4 Å². The van der Waals surface area contributed by atoms with Crippen LogP contribution in [0, 0.1) is 0 Å². The molecule has 6 nitrogen and oxygen atoms in total. The van der Waals surface area contributed by atoms with Gasteiger partial charge in [0.05, 0.1) is 13.2 Å². The van der Waals surface area contributed by atoms with E-state index in [4.69, 9.17) is 9.47 Å². The first kappa shape index (κ1) is 11.0. The minimum Gasteiger partial charge on any atom is -0.444 e. The number of hydrogen-bond donors (Lipinski definition) is 0. The molecule has 2 rings (SSSR count). The van der Waals surface area contributed by atoms with Crippen LogP contribution in [-0.4, -0.2) is 47.6 Å². The lowest BCUT2D eigenvalue weighted by Gasteiger charge is -2.32. The number of nitrogens with zero attached hydrogens (tertiary/aromatic N) is 3. The van der Waals surface area contributed by atoms with Gasteiger partial charge in [0.15, 0.2) is 6.23 Å². The molecule has 6 heteroatoms. The maximum Gasteiger partial charge on any atom is 0.294 e. The Labute approximate surface area is 93.2 Å². The molecule has 1 aromatic heterocycles. The standard InChI is InChI=1S/C10H13N3O3/c14-8-16-10(9-5-11-7-12-6-9)13-1-3-15-4-2-13/h5-8,10H,1-4H2. The fourth-order valence-electron chi connectivity index (χ4n) is 1.68. The molecule has 0 saturated carbocycles. The molecule has 1 fully saturated rings. The molecule has 0 aromatic carbocycles. The summed E-state index contributed by atoms with van der Waals surface area (Å²) in [6.45, 7) is 3.20. The van der Waals surface area contributed by atoms with Crippen LogP contribution in [-0.2, 0) is 14.3 Å². The number of carbonyl (C=O) groups excluding carboxylic acids is 1. The van der Waals surface area contributed by atoms with Crippen molar-refractivity contribution in [1.82, 2.24) is 14.9 Å². The van der Waals surface area contributed by atoms with Crippen molar-refractivity contribution >= 4 is 6.47 Å². The first-order valence-electron chi connectivity index (χ1n) is 5.07. The van der Waals surface area contributed by atoms with Gasteiger partial charge in [0.1, 0.15) is 6.33 Å². The number of carbonyl (C=O) groups is 1. The molecular formula is C10H13N3O3. The summed E-state index contributed by atoms with van der Waals surface area (Å²) in [6, 6.07) is 0. The van der Waals surface area contributed by atoms with Crippen molar-refractivity contribution in [2.24, 2.45) is 0 Å². The van der Waals surface area contributed by atoms with Crippen molar-refractivity contribution in [3.8, 4) is 0 Å². The highest BCUT2D eigenvalue weighted by Crippen LogP contribution is 2.20. The Bertz CT molecular complexity index is 327. The lowest BCUT2D eigenvalue weighted by atomic mass is 10.2. The van der Waals surface area contributed by atoms with Crippen LogP contribution in [0.15, 0.2) is 18.7 Å². The van der Waals surface area contributed by atoms with Crippen LogP contribution in [0.5, 0.6) is 0 Å². The molecule has 0 N–H and O–H groups in total. The third-order valence-corrected chi connectivity index (χ3v) is 2.43. The predicted octanol–water partition coefficient (Wildman–Crippen LogP) is -0.0196. The van der Waals surface area contributed by atoms with E-state index in [0.717, 1.165) is 18.7 Å². The van der Waals surface area contributed by atoms with E-state index in [2.05, 4.69) is 9.97 Å². The van der Waals surface area contributed by atoms with Crippen molar-refractivity contribution in [1.29, 1.82) is 0 Å². The SMILES string of the molecule is O=COC(c1cncnc1)N1CCOCC1. The summed E-state index contributed by atoms with van der Waals surface area (Å²) in [5.41, 5.74) is 0.775. The van der Waals surface area contributed by atoms with E-state index in [-0.39, 0.29) is 0 Å². The van der Waals surface area contributed by atoms with Gasteiger partial charge in [-0.05, 0) is 0 Å². The van der Waals surface area contributed by atoms with E-state index >= 15 is 0 Å². The van der Waals surface area contributed by atoms with E-state index in [1.165, 1.54) is 6.33 Å². The lowest BCUT2D eigenvalue weighted by molar-refractivity contribution is -0.149. The minimum atomic E-state index is -0.414. The van der Waals surface area contributed by atoms with Gasteiger partial charge >= 0.3 is 0 Å². The fraction of sp³-hybridized carbons (Fsp3) is 0.500. The Kier molecular flexibility index (Phi) is 3.79. The Morgan fingerprint density at radius 1 is 1.38 bits per heavy atom. The van der Waals surface area contributed by atoms with Crippen molar-refractivity contribution in [3.05, 3.63) is 24.3 Å². The van der Waals surface area contributed by atoms with Gasteiger partial charge in [0, 0.05) is 31.0 Å². The molecule has 1 unspecified atom stereocenters. The molecule has 0 aliphatic carbocycles. The van der Waals surface area contributed by atoms with Crippen molar-refractivity contribution in [2.45, 2.75) is 6.23 Å². The average Bonchev–Trinajstić information content (AvgIpc) is 2.38. The summed E-state index contributed by atoms with van der Waals surface area (Å²) in [4.78, 5) is 20.4. The van der Waals surface area contributed by atoms with Gasteiger partial charge < -0.3 is 9.47 Å². The Morgan fingerprint density at radius 3 is 2.69 bits per heavy atom. The number of ether oxygens (including phenoxy) is 2. The second kappa shape index (κ2) is 5.53. The normalized spacial score (nSPS) is 19.0. The fourth-order valence-corrected chi connectivity index (χ4v) is 1.68. The zero-order chi connectivity index (χ0) is 11.2. The van der Waals surface area contributed by atoms with Crippen LogP contribution < -0.4 is 0 Å². The van der Waals surface area contributed by atoms with Crippen LogP contribution in [0.3, 0.4) is 0 Å². The molecule has 2 heterocycles. The number of hydrogen-bond acceptors (Lipinski definition) is 6. The first-order valence-corrected chi connectivity index (χ1v) is 5.07. The summed E-state index contributed by atoms with van der Waals surface area (Å²) in [6.07, 6.45) is 4.33. The topological polar surface area (TPSA) is 64.5 Å². The number of rotatable bonds is 4. The quantitative estimate of drug-likeness (QED) is 0.668.